The summed E-state index contributed by atoms with van der Waals surface area (Å²) in [5.74, 6) is 1.26. The molecule has 1 saturated heterocycles. The fourth-order valence-corrected chi connectivity index (χ4v) is 4.50. The van der Waals surface area contributed by atoms with E-state index in [1.165, 1.54) is 10.9 Å². The number of aromatic amines is 1. The molecule has 2 aromatic carbocycles. The molecule has 5 rings (SSSR count). The number of ether oxygens (including phenoxy) is 1. The number of pyridine rings is 1. The fourth-order valence-electron chi connectivity index (χ4n) is 4.32. The molecule has 0 bridgehead atoms. The van der Waals surface area contributed by atoms with Crippen LogP contribution in [0.1, 0.15) is 29.3 Å². The van der Waals surface area contributed by atoms with E-state index < -0.39 is 0 Å². The number of rotatable bonds is 7. The van der Waals surface area contributed by atoms with Crippen LogP contribution in [0.2, 0.25) is 5.02 Å². The van der Waals surface area contributed by atoms with Crippen molar-refractivity contribution in [3.8, 4) is 5.75 Å². The highest BCUT2D eigenvalue weighted by molar-refractivity contribution is 6.30. The molecule has 2 aromatic heterocycles. The number of halogens is 1. The van der Waals surface area contributed by atoms with Gasteiger partial charge in [0.1, 0.15) is 5.75 Å². The molecule has 31 heavy (non-hydrogen) atoms. The molecule has 0 saturated carbocycles. The van der Waals surface area contributed by atoms with Gasteiger partial charge in [-0.1, -0.05) is 35.9 Å². The van der Waals surface area contributed by atoms with Crippen molar-refractivity contribution < 1.29 is 4.74 Å². The molecule has 1 unspecified atom stereocenters. The molecule has 0 amide bonds. The first kappa shape index (κ1) is 20.0. The van der Waals surface area contributed by atoms with Crippen LogP contribution in [0.15, 0.2) is 66.9 Å². The van der Waals surface area contributed by atoms with Gasteiger partial charge in [0.25, 0.3) is 0 Å². The third kappa shape index (κ3) is 4.73. The molecule has 1 fully saturated rings. The molecule has 0 aliphatic carbocycles. The number of fused-ring (bicyclic) bond motifs is 1. The van der Waals surface area contributed by atoms with Gasteiger partial charge >= 0.3 is 0 Å². The summed E-state index contributed by atoms with van der Waals surface area (Å²) in [7, 11) is 0. The molecule has 3 heterocycles. The number of likely N-dealkylation sites (tertiary alicyclic amines) is 1. The van der Waals surface area contributed by atoms with Crippen molar-refractivity contribution in [3.05, 3.63) is 88.8 Å². The van der Waals surface area contributed by atoms with Crippen molar-refractivity contribution in [2.45, 2.75) is 25.3 Å². The van der Waals surface area contributed by atoms with Gasteiger partial charge in [0.05, 0.1) is 17.8 Å². The number of H-pyrrole nitrogens is 1. The molecule has 4 aromatic rings. The molecule has 5 nitrogen and oxygen atoms in total. The first-order valence-electron chi connectivity index (χ1n) is 10.7. The van der Waals surface area contributed by atoms with Crippen LogP contribution >= 0.6 is 11.6 Å². The fraction of sp³-hybridized carbons (Fsp3) is 0.280. The van der Waals surface area contributed by atoms with Crippen LogP contribution in [-0.2, 0) is 13.0 Å². The van der Waals surface area contributed by atoms with Crippen molar-refractivity contribution in [2.24, 2.45) is 0 Å². The van der Waals surface area contributed by atoms with Crippen LogP contribution in [-0.4, -0.2) is 39.8 Å². The monoisotopic (exact) mass is 432 g/mol. The molecule has 0 radical (unpaired) electrons. The van der Waals surface area contributed by atoms with Crippen molar-refractivity contribution in [1.29, 1.82) is 0 Å². The van der Waals surface area contributed by atoms with E-state index in [0.717, 1.165) is 55.1 Å². The minimum atomic E-state index is 0.465. The van der Waals surface area contributed by atoms with Crippen LogP contribution in [0, 0.1) is 0 Å². The Morgan fingerprint density at radius 2 is 2.03 bits per heavy atom. The second-order valence-electron chi connectivity index (χ2n) is 8.08. The van der Waals surface area contributed by atoms with Gasteiger partial charge in [-0.3, -0.25) is 15.0 Å². The van der Waals surface area contributed by atoms with Gasteiger partial charge in [0.15, 0.2) is 0 Å². The maximum absolute atomic E-state index is 6.01. The van der Waals surface area contributed by atoms with Crippen molar-refractivity contribution >= 4 is 22.5 Å². The topological polar surface area (TPSA) is 54.0 Å². The van der Waals surface area contributed by atoms with Gasteiger partial charge in [-0.2, -0.15) is 5.10 Å². The summed E-state index contributed by atoms with van der Waals surface area (Å²) in [4.78, 5) is 7.00. The second-order valence-corrected chi connectivity index (χ2v) is 8.52. The van der Waals surface area contributed by atoms with E-state index in [2.05, 4.69) is 50.4 Å². The molecular weight excluding hydrogens is 408 g/mol. The number of hydrogen-bond donors (Lipinski definition) is 1. The SMILES string of the molecule is Clc1cccc(OCCc2cc(C3CCN(Cc4cccc5ncccc45)C3)n[nH]2)c1. The van der Waals surface area contributed by atoms with Crippen LogP contribution in [0.4, 0.5) is 0 Å². The standard InChI is InChI=1S/C25H25ClN4O/c26-20-5-2-6-22(14-20)31-13-10-21-15-25(29-28-21)19-9-12-30(17-19)16-18-4-1-8-24-23(18)7-3-11-27-24/h1-8,11,14-15,19H,9-10,12-13,16-17H2,(H,28,29). The van der Waals surface area contributed by atoms with E-state index in [0.29, 0.717) is 17.5 Å². The zero-order valence-electron chi connectivity index (χ0n) is 17.3. The van der Waals surface area contributed by atoms with Gasteiger partial charge in [-0.15, -0.1) is 0 Å². The van der Waals surface area contributed by atoms with Crippen LogP contribution in [0.5, 0.6) is 5.75 Å². The molecule has 6 heteroatoms. The van der Waals surface area contributed by atoms with Gasteiger partial charge in [-0.05, 0) is 54.9 Å². The highest BCUT2D eigenvalue weighted by Crippen LogP contribution is 2.29. The zero-order chi connectivity index (χ0) is 21.0. The molecule has 0 spiro atoms. The lowest BCUT2D eigenvalue weighted by molar-refractivity contribution is 0.320. The van der Waals surface area contributed by atoms with E-state index >= 15 is 0 Å². The maximum Gasteiger partial charge on any atom is 0.120 e. The Morgan fingerprint density at radius 1 is 1.10 bits per heavy atom. The third-order valence-corrected chi connectivity index (χ3v) is 6.14. The Hall–Kier alpha value is -2.89. The molecular formula is C25H25ClN4O. The minimum absolute atomic E-state index is 0.465. The summed E-state index contributed by atoms with van der Waals surface area (Å²) < 4.78 is 5.80. The number of benzene rings is 2. The average molecular weight is 433 g/mol. The summed E-state index contributed by atoms with van der Waals surface area (Å²) in [6.07, 6.45) is 3.78. The van der Waals surface area contributed by atoms with Crippen LogP contribution < -0.4 is 4.74 Å². The predicted octanol–water partition coefficient (Wildman–Crippen LogP) is 5.22. The summed E-state index contributed by atoms with van der Waals surface area (Å²) >= 11 is 6.01. The Balaban J connectivity index is 1.16. The lowest BCUT2D eigenvalue weighted by atomic mass is 10.0. The Bertz CT molecular complexity index is 1170. The summed E-state index contributed by atoms with van der Waals surface area (Å²) in [5.41, 5.74) is 4.66. The zero-order valence-corrected chi connectivity index (χ0v) is 18.1. The minimum Gasteiger partial charge on any atom is -0.493 e. The normalized spacial score (nSPS) is 16.7. The highest BCUT2D eigenvalue weighted by Gasteiger charge is 2.26. The lowest BCUT2D eigenvalue weighted by Gasteiger charge is -2.17. The van der Waals surface area contributed by atoms with Crippen molar-refractivity contribution in [2.75, 3.05) is 19.7 Å². The number of hydrogen-bond acceptors (Lipinski definition) is 4. The highest BCUT2D eigenvalue weighted by atomic mass is 35.5. The first-order chi connectivity index (χ1) is 15.2. The lowest BCUT2D eigenvalue weighted by Crippen LogP contribution is -2.20. The smallest absolute Gasteiger partial charge is 0.120 e. The van der Waals surface area contributed by atoms with Gasteiger partial charge in [-0.25, -0.2) is 0 Å². The van der Waals surface area contributed by atoms with E-state index in [9.17, 15) is 0 Å². The van der Waals surface area contributed by atoms with Gasteiger partial charge < -0.3 is 4.74 Å². The predicted molar refractivity (Wildman–Crippen MR) is 124 cm³/mol. The Labute approximate surface area is 187 Å². The summed E-state index contributed by atoms with van der Waals surface area (Å²) in [5, 5.41) is 9.71. The third-order valence-electron chi connectivity index (χ3n) is 5.91. The quantitative estimate of drug-likeness (QED) is 0.435. The Morgan fingerprint density at radius 3 is 2.97 bits per heavy atom. The number of nitrogens with one attached hydrogen (secondary N) is 1. The molecule has 1 aliphatic heterocycles. The van der Waals surface area contributed by atoms with Crippen molar-refractivity contribution in [1.82, 2.24) is 20.1 Å². The number of nitrogens with zero attached hydrogens (tertiary/aromatic N) is 3. The molecule has 158 valence electrons. The van der Waals surface area contributed by atoms with Crippen molar-refractivity contribution in [3.63, 3.8) is 0 Å². The first-order valence-corrected chi connectivity index (χ1v) is 11.1. The summed E-state index contributed by atoms with van der Waals surface area (Å²) in [6.45, 7) is 3.65. The van der Waals surface area contributed by atoms with Gasteiger partial charge in [0, 0.05) is 47.7 Å². The van der Waals surface area contributed by atoms with Crippen LogP contribution in [0.3, 0.4) is 0 Å². The second kappa shape index (κ2) is 9.08. The maximum atomic E-state index is 6.01. The Kier molecular flexibility index (Phi) is 5.87. The van der Waals surface area contributed by atoms with Gasteiger partial charge in [0.2, 0.25) is 0 Å². The molecule has 1 aliphatic rings. The van der Waals surface area contributed by atoms with E-state index in [1.807, 2.05) is 36.5 Å². The van der Waals surface area contributed by atoms with E-state index in [1.54, 1.807) is 0 Å². The summed E-state index contributed by atoms with van der Waals surface area (Å²) in [6, 6.07) is 20.3. The molecule has 1 atom stereocenters. The molecule has 1 N–H and O–H groups in total. The van der Waals surface area contributed by atoms with E-state index in [4.69, 9.17) is 16.3 Å². The van der Waals surface area contributed by atoms with E-state index in [-0.39, 0.29) is 0 Å². The average Bonchev–Trinajstić information content (AvgIpc) is 3.44. The van der Waals surface area contributed by atoms with Crippen LogP contribution in [0.25, 0.3) is 10.9 Å². The largest absolute Gasteiger partial charge is 0.493 e. The number of aromatic nitrogens is 3.